The quantitative estimate of drug-likeness (QED) is 0.606. The van der Waals surface area contributed by atoms with Crippen LogP contribution in [0.3, 0.4) is 0 Å². The van der Waals surface area contributed by atoms with Gasteiger partial charge in [-0.25, -0.2) is 5.43 Å². The van der Waals surface area contributed by atoms with Crippen molar-refractivity contribution in [3.8, 4) is 5.75 Å². The van der Waals surface area contributed by atoms with E-state index in [1.54, 1.807) is 12.1 Å². The lowest BCUT2D eigenvalue weighted by Gasteiger charge is -2.08. The van der Waals surface area contributed by atoms with Gasteiger partial charge in [-0.3, -0.25) is 0 Å². The summed E-state index contributed by atoms with van der Waals surface area (Å²) in [5, 5.41) is 9.10. The summed E-state index contributed by atoms with van der Waals surface area (Å²) in [6, 6.07) is 7.48. The molecule has 1 aromatic rings. The molecule has 1 aliphatic heterocycles. The molecule has 0 radical (unpaired) electrons. The molecule has 1 unspecified atom stereocenters. The number of rotatable bonds is 1. The van der Waals surface area contributed by atoms with Crippen molar-refractivity contribution < 1.29 is 5.11 Å². The maximum absolute atomic E-state index is 9.10. The van der Waals surface area contributed by atoms with Crippen LogP contribution in [-0.2, 0) is 0 Å². The van der Waals surface area contributed by atoms with Crippen LogP contribution in [0, 0.1) is 0 Å². The molecule has 0 spiro atoms. The molecule has 0 saturated carbocycles. The van der Waals surface area contributed by atoms with Crippen molar-refractivity contribution in [2.24, 2.45) is 0 Å². The number of phenols is 1. The third-order valence-electron chi connectivity index (χ3n) is 2.17. The third-order valence-corrected chi connectivity index (χ3v) is 2.17. The van der Waals surface area contributed by atoms with Gasteiger partial charge in [-0.2, -0.15) is 0 Å². The highest BCUT2D eigenvalue weighted by atomic mass is 16.3. The van der Waals surface area contributed by atoms with Gasteiger partial charge in [-0.05, 0) is 17.7 Å². The Hall–Kier alpha value is -1.48. The van der Waals surface area contributed by atoms with E-state index in [9.17, 15) is 0 Å². The van der Waals surface area contributed by atoms with Gasteiger partial charge in [0.25, 0.3) is 0 Å². The largest absolute Gasteiger partial charge is 0.508 e. The van der Waals surface area contributed by atoms with E-state index in [1.807, 2.05) is 12.1 Å². The smallest absolute Gasteiger partial charge is 0.115 e. The van der Waals surface area contributed by atoms with E-state index < -0.39 is 0 Å². The third kappa shape index (κ3) is 1.65. The molecule has 0 aliphatic carbocycles. The Kier molecular flexibility index (Phi) is 1.94. The van der Waals surface area contributed by atoms with E-state index in [0.29, 0.717) is 5.75 Å². The van der Waals surface area contributed by atoms with Crippen molar-refractivity contribution in [2.75, 3.05) is 0 Å². The van der Waals surface area contributed by atoms with Crippen LogP contribution in [0.25, 0.3) is 0 Å². The number of hydrogen-bond acceptors (Lipinski definition) is 3. The molecule has 3 N–H and O–H groups in total. The Morgan fingerprint density at radius 1 is 1.31 bits per heavy atom. The van der Waals surface area contributed by atoms with Crippen LogP contribution >= 0.6 is 0 Å². The van der Waals surface area contributed by atoms with E-state index in [-0.39, 0.29) is 6.04 Å². The zero-order valence-electron chi connectivity index (χ0n) is 7.25. The second-order valence-electron chi connectivity index (χ2n) is 3.22. The number of hydrazine groups is 1. The van der Waals surface area contributed by atoms with Crippen LogP contribution in [0.2, 0.25) is 0 Å². The fourth-order valence-corrected chi connectivity index (χ4v) is 1.45. The standard InChI is InChI=1S/C10H12N2O/c1-7-6-10(12-11-7)8-2-4-9(13)5-3-8/h2-5,10-13H,1,6H2. The van der Waals surface area contributed by atoms with Gasteiger partial charge in [0.1, 0.15) is 5.75 Å². The van der Waals surface area contributed by atoms with E-state index in [1.165, 1.54) is 0 Å². The van der Waals surface area contributed by atoms with Crippen LogP contribution in [0.4, 0.5) is 0 Å². The molecule has 1 aliphatic rings. The first-order chi connectivity index (χ1) is 6.25. The van der Waals surface area contributed by atoms with E-state index in [4.69, 9.17) is 5.11 Å². The topological polar surface area (TPSA) is 44.3 Å². The maximum Gasteiger partial charge on any atom is 0.115 e. The number of phenolic OH excluding ortho intramolecular Hbond substituents is 1. The van der Waals surface area contributed by atoms with Crippen LogP contribution in [-0.4, -0.2) is 5.11 Å². The monoisotopic (exact) mass is 176 g/mol. The number of benzene rings is 1. The van der Waals surface area contributed by atoms with Gasteiger partial charge in [0.2, 0.25) is 0 Å². The molecule has 1 heterocycles. The highest BCUT2D eigenvalue weighted by Crippen LogP contribution is 2.24. The minimum atomic E-state index is 0.271. The molecule has 68 valence electrons. The SMILES string of the molecule is C=C1CC(c2ccc(O)cc2)NN1. The normalized spacial score (nSPS) is 21.5. The molecular weight excluding hydrogens is 164 g/mol. The number of hydrogen-bond donors (Lipinski definition) is 3. The molecule has 1 saturated heterocycles. The summed E-state index contributed by atoms with van der Waals surface area (Å²) in [7, 11) is 0. The summed E-state index contributed by atoms with van der Waals surface area (Å²) in [5.41, 5.74) is 8.24. The summed E-state index contributed by atoms with van der Waals surface area (Å²) < 4.78 is 0. The average Bonchev–Trinajstić information content (AvgIpc) is 2.53. The van der Waals surface area contributed by atoms with Crippen molar-refractivity contribution >= 4 is 0 Å². The molecule has 3 heteroatoms. The average molecular weight is 176 g/mol. The molecule has 1 aromatic carbocycles. The molecule has 3 nitrogen and oxygen atoms in total. The lowest BCUT2D eigenvalue weighted by molar-refractivity contribution is 0.474. The molecule has 0 amide bonds. The van der Waals surface area contributed by atoms with Gasteiger partial charge in [-0.15, -0.1) is 0 Å². The Balaban J connectivity index is 2.17. The van der Waals surface area contributed by atoms with Crippen molar-refractivity contribution in [3.05, 3.63) is 42.1 Å². The zero-order valence-corrected chi connectivity index (χ0v) is 7.25. The van der Waals surface area contributed by atoms with Crippen LogP contribution < -0.4 is 10.9 Å². The van der Waals surface area contributed by atoms with Crippen LogP contribution in [0.5, 0.6) is 5.75 Å². The Morgan fingerprint density at radius 3 is 2.54 bits per heavy atom. The lowest BCUT2D eigenvalue weighted by atomic mass is 10.0. The fourth-order valence-electron chi connectivity index (χ4n) is 1.45. The summed E-state index contributed by atoms with van der Waals surface area (Å²) in [6.07, 6.45) is 0.894. The van der Waals surface area contributed by atoms with Gasteiger partial charge in [-0.1, -0.05) is 18.7 Å². The zero-order chi connectivity index (χ0) is 9.26. The van der Waals surface area contributed by atoms with Gasteiger partial charge in [0.05, 0.1) is 6.04 Å². The van der Waals surface area contributed by atoms with Crippen molar-refractivity contribution in [3.63, 3.8) is 0 Å². The predicted molar refractivity (Wildman–Crippen MR) is 50.9 cm³/mol. The predicted octanol–water partition coefficient (Wildman–Crippen LogP) is 1.44. The highest BCUT2D eigenvalue weighted by Gasteiger charge is 2.17. The Labute approximate surface area is 77.1 Å². The van der Waals surface area contributed by atoms with Gasteiger partial charge < -0.3 is 10.5 Å². The second-order valence-corrected chi connectivity index (χ2v) is 3.22. The maximum atomic E-state index is 9.10. The lowest BCUT2D eigenvalue weighted by Crippen LogP contribution is -2.23. The molecule has 0 bridgehead atoms. The summed E-state index contributed by atoms with van der Waals surface area (Å²) >= 11 is 0. The molecule has 0 aromatic heterocycles. The molecule has 13 heavy (non-hydrogen) atoms. The van der Waals surface area contributed by atoms with Crippen molar-refractivity contribution in [1.29, 1.82) is 0 Å². The number of nitrogens with one attached hydrogen (secondary N) is 2. The van der Waals surface area contributed by atoms with Crippen LogP contribution in [0.15, 0.2) is 36.5 Å². The minimum absolute atomic E-state index is 0.271. The van der Waals surface area contributed by atoms with Gasteiger partial charge >= 0.3 is 0 Å². The summed E-state index contributed by atoms with van der Waals surface area (Å²) in [5.74, 6) is 0.300. The van der Waals surface area contributed by atoms with Crippen LogP contribution in [0.1, 0.15) is 18.0 Å². The molecule has 1 atom stereocenters. The first-order valence-electron chi connectivity index (χ1n) is 4.24. The molecule has 2 rings (SSSR count). The first-order valence-corrected chi connectivity index (χ1v) is 4.24. The summed E-state index contributed by atoms with van der Waals surface area (Å²) in [6.45, 7) is 3.82. The summed E-state index contributed by atoms with van der Waals surface area (Å²) in [4.78, 5) is 0. The first kappa shape index (κ1) is 8.13. The van der Waals surface area contributed by atoms with Crippen molar-refractivity contribution in [2.45, 2.75) is 12.5 Å². The van der Waals surface area contributed by atoms with E-state index >= 15 is 0 Å². The Bertz CT molecular complexity index is 318. The van der Waals surface area contributed by atoms with Gasteiger partial charge in [0.15, 0.2) is 0 Å². The highest BCUT2D eigenvalue weighted by molar-refractivity contribution is 5.29. The second kappa shape index (κ2) is 3.11. The van der Waals surface area contributed by atoms with Gasteiger partial charge in [0, 0.05) is 12.1 Å². The Morgan fingerprint density at radius 2 is 2.00 bits per heavy atom. The van der Waals surface area contributed by atoms with Crippen molar-refractivity contribution in [1.82, 2.24) is 10.9 Å². The molecular formula is C10H12N2O. The number of aromatic hydroxyl groups is 1. The minimum Gasteiger partial charge on any atom is -0.508 e. The fraction of sp³-hybridized carbons (Fsp3) is 0.200. The van der Waals surface area contributed by atoms with E-state index in [2.05, 4.69) is 17.4 Å². The van der Waals surface area contributed by atoms with E-state index in [0.717, 1.165) is 17.7 Å². The molecule has 1 fully saturated rings.